The second-order valence-electron chi connectivity index (χ2n) is 7.00. The maximum absolute atomic E-state index is 11.7. The maximum Gasteiger partial charge on any atom is 0.248 e. The third kappa shape index (κ3) is 3.43. The number of carbonyl (C=O) groups excluding carboxylic acids is 1. The molecule has 0 spiro atoms. The highest BCUT2D eigenvalue weighted by atomic mass is 32.2. The van der Waals surface area contributed by atoms with Gasteiger partial charge in [-0.15, -0.1) is 5.10 Å². The van der Waals surface area contributed by atoms with E-state index in [9.17, 15) is 13.2 Å². The molecule has 1 aromatic heterocycles. The van der Waals surface area contributed by atoms with Crippen LogP contribution in [-0.2, 0) is 9.84 Å². The van der Waals surface area contributed by atoms with E-state index in [1.807, 2.05) is 36.1 Å². The van der Waals surface area contributed by atoms with E-state index in [4.69, 9.17) is 5.73 Å². The van der Waals surface area contributed by atoms with Crippen LogP contribution in [0.2, 0.25) is 0 Å². The van der Waals surface area contributed by atoms with Crippen molar-refractivity contribution in [3.8, 4) is 11.1 Å². The molecule has 1 amide bonds. The lowest BCUT2D eigenvalue weighted by Gasteiger charge is -2.28. The predicted octanol–water partition coefficient (Wildman–Crippen LogP) is 1.94. The van der Waals surface area contributed by atoms with Crippen LogP contribution in [0.25, 0.3) is 21.9 Å². The van der Waals surface area contributed by atoms with Gasteiger partial charge in [-0.05, 0) is 47.9 Å². The summed E-state index contributed by atoms with van der Waals surface area (Å²) in [7, 11) is -2.96. The van der Waals surface area contributed by atoms with Crippen molar-refractivity contribution >= 4 is 32.3 Å². The van der Waals surface area contributed by atoms with Crippen molar-refractivity contribution in [3.05, 3.63) is 53.7 Å². The molecule has 2 heterocycles. The van der Waals surface area contributed by atoms with Crippen LogP contribution in [0.15, 0.2) is 42.6 Å². The van der Waals surface area contributed by atoms with Crippen molar-refractivity contribution < 1.29 is 13.2 Å². The van der Waals surface area contributed by atoms with Crippen molar-refractivity contribution in [3.63, 3.8) is 0 Å². The number of primary amides is 1. The summed E-state index contributed by atoms with van der Waals surface area (Å²) in [6, 6.07) is 11.3. The molecular weight excluding hydrogens is 376 g/mol. The number of amides is 1. The van der Waals surface area contributed by atoms with E-state index in [-0.39, 0.29) is 11.5 Å². The summed E-state index contributed by atoms with van der Waals surface area (Å²) in [6.07, 6.45) is 1.69. The molecule has 2 N–H and O–H groups in total. The van der Waals surface area contributed by atoms with Gasteiger partial charge in [0.05, 0.1) is 17.7 Å². The van der Waals surface area contributed by atoms with Gasteiger partial charge in [-0.1, -0.05) is 12.1 Å². The minimum Gasteiger partial charge on any atom is -0.366 e. The van der Waals surface area contributed by atoms with Gasteiger partial charge in [0.25, 0.3) is 0 Å². The van der Waals surface area contributed by atoms with E-state index >= 15 is 0 Å². The van der Waals surface area contributed by atoms with Gasteiger partial charge < -0.3 is 10.6 Å². The summed E-state index contributed by atoms with van der Waals surface area (Å²) in [5.41, 5.74) is 8.80. The van der Waals surface area contributed by atoms with Gasteiger partial charge in [-0.2, -0.15) is 5.10 Å². The van der Waals surface area contributed by atoms with Gasteiger partial charge in [0.1, 0.15) is 0 Å². The summed E-state index contributed by atoms with van der Waals surface area (Å²) >= 11 is 0. The minimum atomic E-state index is -2.96. The molecule has 1 fully saturated rings. The summed E-state index contributed by atoms with van der Waals surface area (Å²) in [5, 5.41) is 10.2. The Hall–Kier alpha value is -3.00. The maximum atomic E-state index is 11.7. The van der Waals surface area contributed by atoms with Crippen LogP contribution in [0, 0.1) is 6.92 Å². The first-order valence-corrected chi connectivity index (χ1v) is 10.8. The number of hydrogen-bond donors (Lipinski definition) is 1. The van der Waals surface area contributed by atoms with Crippen LogP contribution in [0.3, 0.4) is 0 Å². The van der Waals surface area contributed by atoms with Crippen LogP contribution < -0.4 is 10.6 Å². The molecule has 0 bridgehead atoms. The molecule has 8 heteroatoms. The molecule has 0 unspecified atom stereocenters. The van der Waals surface area contributed by atoms with Crippen molar-refractivity contribution in [1.82, 2.24) is 10.2 Å². The molecule has 3 aromatic rings. The average molecular weight is 396 g/mol. The Kier molecular flexibility index (Phi) is 4.50. The van der Waals surface area contributed by atoms with E-state index in [0.717, 1.165) is 27.5 Å². The molecule has 2 aromatic carbocycles. The molecule has 1 saturated heterocycles. The Morgan fingerprint density at radius 3 is 2.57 bits per heavy atom. The normalized spacial score (nSPS) is 16.2. The fraction of sp³-hybridized carbons (Fsp3) is 0.250. The van der Waals surface area contributed by atoms with E-state index in [1.165, 1.54) is 0 Å². The first-order valence-electron chi connectivity index (χ1n) is 8.96. The molecule has 1 aliphatic heterocycles. The van der Waals surface area contributed by atoms with Gasteiger partial charge >= 0.3 is 0 Å². The zero-order valence-electron chi connectivity index (χ0n) is 15.4. The first-order chi connectivity index (χ1) is 13.3. The Morgan fingerprint density at radius 2 is 1.86 bits per heavy atom. The highest BCUT2D eigenvalue weighted by Gasteiger charge is 2.24. The molecular formula is C20H20N4O3S. The Labute approximate surface area is 163 Å². The van der Waals surface area contributed by atoms with Crippen molar-refractivity contribution in [2.24, 2.45) is 5.73 Å². The third-order valence-corrected chi connectivity index (χ3v) is 6.73. The second kappa shape index (κ2) is 6.87. The van der Waals surface area contributed by atoms with E-state index in [0.29, 0.717) is 24.5 Å². The van der Waals surface area contributed by atoms with E-state index in [1.54, 1.807) is 18.3 Å². The van der Waals surface area contributed by atoms with Crippen molar-refractivity contribution in [1.29, 1.82) is 0 Å². The molecule has 4 rings (SSSR count). The summed E-state index contributed by atoms with van der Waals surface area (Å²) in [5.74, 6) is 0.488. The number of nitrogens with two attached hydrogens (primary N) is 1. The number of fused-ring (bicyclic) bond motifs is 1. The van der Waals surface area contributed by atoms with Crippen LogP contribution in [0.4, 0.5) is 5.82 Å². The summed E-state index contributed by atoms with van der Waals surface area (Å²) < 4.78 is 23.4. The molecule has 0 saturated carbocycles. The largest absolute Gasteiger partial charge is 0.366 e. The summed E-state index contributed by atoms with van der Waals surface area (Å²) in [4.78, 5) is 13.5. The fourth-order valence-electron chi connectivity index (χ4n) is 3.48. The smallest absolute Gasteiger partial charge is 0.248 e. The average Bonchev–Trinajstić information content (AvgIpc) is 2.67. The van der Waals surface area contributed by atoms with E-state index < -0.39 is 15.7 Å². The number of aryl methyl sites for hydroxylation is 1. The lowest BCUT2D eigenvalue weighted by Crippen LogP contribution is -2.40. The molecule has 0 radical (unpaired) electrons. The van der Waals surface area contributed by atoms with Crippen molar-refractivity contribution in [2.45, 2.75) is 6.92 Å². The zero-order valence-corrected chi connectivity index (χ0v) is 16.2. The van der Waals surface area contributed by atoms with Gasteiger partial charge in [0, 0.05) is 29.4 Å². The molecule has 144 valence electrons. The van der Waals surface area contributed by atoms with Crippen LogP contribution >= 0.6 is 0 Å². The van der Waals surface area contributed by atoms with Gasteiger partial charge in [0.2, 0.25) is 5.91 Å². The molecule has 0 aliphatic carbocycles. The lowest BCUT2D eigenvalue weighted by atomic mass is 9.96. The fourth-order valence-corrected chi connectivity index (χ4v) is 4.69. The topological polar surface area (TPSA) is 106 Å². The number of sulfone groups is 1. The van der Waals surface area contributed by atoms with E-state index in [2.05, 4.69) is 10.2 Å². The SMILES string of the molecule is Cc1ccc(C(N)=O)cc1-c1ccc2c(N3CCS(=O)(=O)CC3)nncc2c1. The zero-order chi connectivity index (χ0) is 19.9. The number of rotatable bonds is 3. The number of benzene rings is 2. The Balaban J connectivity index is 1.76. The standard InChI is InChI=1S/C20H20N4O3S/c1-13-2-3-15(19(21)25)11-18(13)14-4-5-17-16(10-14)12-22-23-20(17)24-6-8-28(26,27)9-7-24/h2-5,10-12H,6-9H2,1H3,(H2,21,25). The highest BCUT2D eigenvalue weighted by Crippen LogP contribution is 2.31. The minimum absolute atomic E-state index is 0.127. The van der Waals surface area contributed by atoms with Crippen LogP contribution in [0.5, 0.6) is 0 Å². The van der Waals surface area contributed by atoms with Gasteiger partial charge in [-0.25, -0.2) is 8.42 Å². The number of anilines is 1. The number of carbonyl (C=O) groups is 1. The molecule has 7 nitrogen and oxygen atoms in total. The van der Waals surface area contributed by atoms with Gasteiger partial charge in [-0.3, -0.25) is 4.79 Å². The second-order valence-corrected chi connectivity index (χ2v) is 9.31. The van der Waals surface area contributed by atoms with Crippen LogP contribution in [0.1, 0.15) is 15.9 Å². The predicted molar refractivity (Wildman–Crippen MR) is 109 cm³/mol. The Morgan fingerprint density at radius 1 is 1.11 bits per heavy atom. The Bertz CT molecular complexity index is 1180. The summed E-state index contributed by atoms with van der Waals surface area (Å²) in [6.45, 7) is 2.81. The number of nitrogens with zero attached hydrogens (tertiary/aromatic N) is 3. The van der Waals surface area contributed by atoms with Crippen LogP contribution in [-0.4, -0.2) is 49.1 Å². The molecule has 28 heavy (non-hydrogen) atoms. The highest BCUT2D eigenvalue weighted by molar-refractivity contribution is 7.91. The molecule has 1 aliphatic rings. The third-order valence-electron chi connectivity index (χ3n) is 5.12. The monoisotopic (exact) mass is 396 g/mol. The number of aromatic nitrogens is 2. The number of hydrogen-bond acceptors (Lipinski definition) is 6. The van der Waals surface area contributed by atoms with Crippen molar-refractivity contribution in [2.75, 3.05) is 29.5 Å². The first kappa shape index (κ1) is 18.4. The lowest BCUT2D eigenvalue weighted by molar-refractivity contribution is 0.100. The molecule has 0 atom stereocenters. The van der Waals surface area contributed by atoms with Gasteiger partial charge in [0.15, 0.2) is 15.7 Å². The quantitative estimate of drug-likeness (QED) is 0.725.